The van der Waals surface area contributed by atoms with Gasteiger partial charge in [0.05, 0.1) is 5.92 Å². The first-order valence-electron chi connectivity index (χ1n) is 4.53. The molecule has 0 bridgehead atoms. The van der Waals surface area contributed by atoms with E-state index in [1.165, 1.54) is 6.08 Å². The molecule has 0 saturated heterocycles. The number of allylic oxidation sites excluding steroid dienone is 2. The number of hydrogen-bond acceptors (Lipinski definition) is 2. The van der Waals surface area contributed by atoms with Crippen molar-refractivity contribution in [1.82, 2.24) is 0 Å². The zero-order valence-corrected chi connectivity index (χ0v) is 8.41. The maximum atomic E-state index is 11.4. The Hall–Kier alpha value is -1.38. The molecule has 0 aromatic heterocycles. The Morgan fingerprint density at radius 2 is 2.21 bits per heavy atom. The quantitative estimate of drug-likeness (QED) is 0.682. The van der Waals surface area contributed by atoms with Crippen LogP contribution in [0.1, 0.15) is 20.3 Å². The van der Waals surface area contributed by atoms with E-state index in [9.17, 15) is 9.59 Å². The number of rotatable bonds is 2. The molecule has 1 rings (SSSR count). The number of aliphatic carboxylic acids is 1. The van der Waals surface area contributed by atoms with E-state index in [2.05, 4.69) is 6.58 Å². The van der Waals surface area contributed by atoms with Gasteiger partial charge in [0, 0.05) is 12.3 Å². The molecule has 0 radical (unpaired) electrons. The van der Waals surface area contributed by atoms with Gasteiger partial charge in [-0.2, -0.15) is 0 Å². The highest BCUT2D eigenvalue weighted by Gasteiger charge is 2.33. The van der Waals surface area contributed by atoms with E-state index in [1.54, 1.807) is 13.8 Å². The first kappa shape index (κ1) is 10.7. The number of carbonyl (C=O) groups is 2. The van der Waals surface area contributed by atoms with Crippen LogP contribution in [0.15, 0.2) is 23.8 Å². The van der Waals surface area contributed by atoms with E-state index < -0.39 is 11.9 Å². The Labute approximate surface area is 83.1 Å². The molecule has 0 fully saturated rings. The van der Waals surface area contributed by atoms with Gasteiger partial charge in [-0.3, -0.25) is 9.59 Å². The lowest BCUT2D eigenvalue weighted by Gasteiger charge is -2.25. The second kappa shape index (κ2) is 3.78. The van der Waals surface area contributed by atoms with E-state index in [-0.39, 0.29) is 18.1 Å². The number of Topliss-reactive ketones (excluding diaryl/α,β-unsaturated/α-hetero) is 1. The summed E-state index contributed by atoms with van der Waals surface area (Å²) in [5.74, 6) is -1.70. The van der Waals surface area contributed by atoms with Crippen molar-refractivity contribution in [3.63, 3.8) is 0 Å². The Morgan fingerprint density at radius 3 is 2.64 bits per heavy atom. The molecule has 0 heterocycles. The van der Waals surface area contributed by atoms with Crippen LogP contribution >= 0.6 is 0 Å². The van der Waals surface area contributed by atoms with E-state index in [4.69, 9.17) is 5.11 Å². The molecule has 3 heteroatoms. The monoisotopic (exact) mass is 194 g/mol. The zero-order chi connectivity index (χ0) is 10.9. The van der Waals surface area contributed by atoms with Crippen molar-refractivity contribution in [3.05, 3.63) is 23.8 Å². The van der Waals surface area contributed by atoms with Crippen LogP contribution in [0.3, 0.4) is 0 Å². The molecule has 1 aliphatic rings. The van der Waals surface area contributed by atoms with Gasteiger partial charge in [-0.1, -0.05) is 18.2 Å². The van der Waals surface area contributed by atoms with Gasteiger partial charge in [0.2, 0.25) is 0 Å². The molecule has 0 aromatic rings. The Balaban J connectivity index is 3.03. The smallest absolute Gasteiger partial charge is 0.310 e. The van der Waals surface area contributed by atoms with Crippen molar-refractivity contribution in [2.75, 3.05) is 0 Å². The van der Waals surface area contributed by atoms with Gasteiger partial charge >= 0.3 is 5.97 Å². The minimum absolute atomic E-state index is 0.0236. The maximum Gasteiger partial charge on any atom is 0.310 e. The van der Waals surface area contributed by atoms with Crippen LogP contribution < -0.4 is 0 Å². The molecule has 3 nitrogen and oxygen atoms in total. The van der Waals surface area contributed by atoms with Gasteiger partial charge in [0.25, 0.3) is 0 Å². The molecule has 1 N–H and O–H groups in total. The predicted molar refractivity (Wildman–Crippen MR) is 52.8 cm³/mol. The lowest BCUT2D eigenvalue weighted by molar-refractivity contribution is -0.141. The fraction of sp³-hybridized carbons (Fsp3) is 0.455. The Kier molecular flexibility index (Phi) is 2.89. The normalized spacial score (nSPS) is 27.0. The number of carboxylic acid groups (broad SMARTS) is 1. The van der Waals surface area contributed by atoms with Crippen molar-refractivity contribution in [3.8, 4) is 0 Å². The Morgan fingerprint density at radius 1 is 1.64 bits per heavy atom. The predicted octanol–water partition coefficient (Wildman–Crippen LogP) is 1.80. The summed E-state index contributed by atoms with van der Waals surface area (Å²) in [6.07, 6.45) is 1.81. The molecule has 0 spiro atoms. The van der Waals surface area contributed by atoms with Crippen LogP contribution in [0.5, 0.6) is 0 Å². The molecule has 2 atom stereocenters. The number of ketones is 1. The molecule has 0 saturated carbocycles. The van der Waals surface area contributed by atoms with E-state index >= 15 is 0 Å². The lowest BCUT2D eigenvalue weighted by atomic mass is 9.77. The molecular weight excluding hydrogens is 180 g/mol. The summed E-state index contributed by atoms with van der Waals surface area (Å²) in [5, 5.41) is 8.96. The molecule has 0 aromatic carbocycles. The van der Waals surface area contributed by atoms with Gasteiger partial charge in [-0.15, -0.1) is 0 Å². The minimum atomic E-state index is -0.884. The third kappa shape index (κ3) is 1.92. The van der Waals surface area contributed by atoms with Crippen LogP contribution in [-0.4, -0.2) is 16.9 Å². The summed E-state index contributed by atoms with van der Waals surface area (Å²) < 4.78 is 0. The van der Waals surface area contributed by atoms with Crippen molar-refractivity contribution in [2.24, 2.45) is 11.8 Å². The lowest BCUT2D eigenvalue weighted by Crippen LogP contribution is -2.29. The third-order valence-electron chi connectivity index (χ3n) is 2.63. The highest BCUT2D eigenvalue weighted by Crippen LogP contribution is 2.31. The standard InChI is InChI=1S/C11H14O3/c1-6(2)8-5-10(12)7(3)4-9(8)11(13)14/h4,8-9H,1,5H2,2-3H3,(H,13,14). The van der Waals surface area contributed by atoms with Crippen LogP contribution in [0.4, 0.5) is 0 Å². The van der Waals surface area contributed by atoms with Crippen molar-refractivity contribution in [2.45, 2.75) is 20.3 Å². The number of carboxylic acids is 1. The number of carbonyl (C=O) groups excluding carboxylic acids is 1. The molecule has 14 heavy (non-hydrogen) atoms. The van der Waals surface area contributed by atoms with E-state index in [1.807, 2.05) is 0 Å². The van der Waals surface area contributed by atoms with Gasteiger partial charge in [0.15, 0.2) is 5.78 Å². The van der Waals surface area contributed by atoms with Gasteiger partial charge in [0.1, 0.15) is 0 Å². The zero-order valence-electron chi connectivity index (χ0n) is 8.41. The second-order valence-electron chi connectivity index (χ2n) is 3.79. The van der Waals surface area contributed by atoms with Crippen molar-refractivity contribution < 1.29 is 14.7 Å². The summed E-state index contributed by atoms with van der Waals surface area (Å²) in [6.45, 7) is 7.15. The average Bonchev–Trinajstić information content (AvgIpc) is 2.08. The maximum absolute atomic E-state index is 11.4. The van der Waals surface area contributed by atoms with Crippen LogP contribution in [-0.2, 0) is 9.59 Å². The van der Waals surface area contributed by atoms with Gasteiger partial charge in [-0.05, 0) is 19.4 Å². The summed E-state index contributed by atoms with van der Waals surface area (Å²) in [6, 6.07) is 0. The summed E-state index contributed by atoms with van der Waals surface area (Å²) >= 11 is 0. The average molecular weight is 194 g/mol. The molecule has 0 aliphatic heterocycles. The first-order chi connectivity index (χ1) is 6.43. The fourth-order valence-corrected chi connectivity index (χ4v) is 1.69. The minimum Gasteiger partial charge on any atom is -0.481 e. The third-order valence-corrected chi connectivity index (χ3v) is 2.63. The SMILES string of the molecule is C=C(C)C1CC(=O)C(C)=CC1C(=O)O. The topological polar surface area (TPSA) is 54.4 Å². The van der Waals surface area contributed by atoms with Gasteiger partial charge in [-0.25, -0.2) is 0 Å². The van der Waals surface area contributed by atoms with Gasteiger partial charge < -0.3 is 5.11 Å². The van der Waals surface area contributed by atoms with Crippen LogP contribution in [0, 0.1) is 11.8 Å². The molecule has 2 unspecified atom stereocenters. The fourth-order valence-electron chi connectivity index (χ4n) is 1.69. The largest absolute Gasteiger partial charge is 0.481 e. The highest BCUT2D eigenvalue weighted by atomic mass is 16.4. The number of hydrogen-bond donors (Lipinski definition) is 1. The second-order valence-corrected chi connectivity index (χ2v) is 3.79. The van der Waals surface area contributed by atoms with E-state index in [0.29, 0.717) is 5.57 Å². The molecular formula is C11H14O3. The first-order valence-corrected chi connectivity index (χ1v) is 4.53. The molecule has 1 aliphatic carbocycles. The summed E-state index contributed by atoms with van der Waals surface area (Å²) in [5.41, 5.74) is 1.31. The van der Waals surface area contributed by atoms with Crippen molar-refractivity contribution >= 4 is 11.8 Å². The van der Waals surface area contributed by atoms with Crippen LogP contribution in [0.2, 0.25) is 0 Å². The highest BCUT2D eigenvalue weighted by molar-refractivity contribution is 5.97. The molecule has 0 amide bonds. The Bertz CT molecular complexity index is 325. The van der Waals surface area contributed by atoms with Crippen LogP contribution in [0.25, 0.3) is 0 Å². The molecule has 76 valence electrons. The summed E-state index contributed by atoms with van der Waals surface area (Å²) in [4.78, 5) is 22.3. The van der Waals surface area contributed by atoms with E-state index in [0.717, 1.165) is 5.57 Å². The van der Waals surface area contributed by atoms with Crippen molar-refractivity contribution in [1.29, 1.82) is 0 Å². The summed E-state index contributed by atoms with van der Waals surface area (Å²) in [7, 11) is 0.